The summed E-state index contributed by atoms with van der Waals surface area (Å²) in [6, 6.07) is 11.8. The molecule has 1 unspecified atom stereocenters. The molecule has 0 N–H and O–H groups in total. The highest BCUT2D eigenvalue weighted by Crippen LogP contribution is 2.33. The summed E-state index contributed by atoms with van der Waals surface area (Å²) in [5, 5.41) is 0.471. The van der Waals surface area contributed by atoms with Crippen molar-refractivity contribution in [2.24, 2.45) is 0 Å². The van der Waals surface area contributed by atoms with Gasteiger partial charge in [0.1, 0.15) is 5.82 Å². The topological polar surface area (TPSA) is 17.8 Å². The predicted molar refractivity (Wildman–Crippen MR) is 92.8 cm³/mol. The number of rotatable bonds is 2. The Morgan fingerprint density at radius 1 is 1.24 bits per heavy atom. The SMILES string of the molecule is Cc1cccc2c1nc(C(C)Cl)n2-c1cc(Cl)ccc1Br. The molecule has 0 spiro atoms. The molecular formula is C16H13BrCl2N2. The van der Waals surface area contributed by atoms with Gasteiger partial charge in [0.05, 0.1) is 22.1 Å². The maximum absolute atomic E-state index is 6.34. The Labute approximate surface area is 141 Å². The van der Waals surface area contributed by atoms with E-state index >= 15 is 0 Å². The number of hydrogen-bond acceptors (Lipinski definition) is 1. The molecule has 0 bridgehead atoms. The first-order valence-electron chi connectivity index (χ1n) is 6.56. The van der Waals surface area contributed by atoms with Gasteiger partial charge in [0, 0.05) is 9.50 Å². The molecule has 1 aromatic heterocycles. The highest BCUT2D eigenvalue weighted by atomic mass is 79.9. The molecule has 108 valence electrons. The molecule has 0 aliphatic rings. The summed E-state index contributed by atoms with van der Waals surface area (Å²) in [4.78, 5) is 4.73. The first-order chi connectivity index (χ1) is 9.99. The molecule has 1 atom stereocenters. The molecule has 2 aromatic carbocycles. The van der Waals surface area contributed by atoms with Gasteiger partial charge in [0.2, 0.25) is 0 Å². The molecule has 21 heavy (non-hydrogen) atoms. The molecule has 5 heteroatoms. The number of aromatic nitrogens is 2. The standard InChI is InChI=1S/C16H13BrCl2N2/c1-9-4-3-5-13-15(9)20-16(10(2)18)21(13)14-8-11(19)6-7-12(14)17/h3-8,10H,1-2H3. The lowest BCUT2D eigenvalue weighted by atomic mass is 10.2. The van der Waals surface area contributed by atoms with Gasteiger partial charge in [0.25, 0.3) is 0 Å². The fraction of sp³-hybridized carbons (Fsp3) is 0.188. The Morgan fingerprint density at radius 2 is 2.00 bits per heavy atom. The summed E-state index contributed by atoms with van der Waals surface area (Å²) in [5.74, 6) is 0.809. The second-order valence-corrected chi connectivity index (χ2v) is 6.91. The summed E-state index contributed by atoms with van der Waals surface area (Å²) in [5.41, 5.74) is 4.06. The van der Waals surface area contributed by atoms with Gasteiger partial charge in [-0.25, -0.2) is 4.98 Å². The Morgan fingerprint density at radius 3 is 2.71 bits per heavy atom. The van der Waals surface area contributed by atoms with E-state index in [9.17, 15) is 0 Å². The van der Waals surface area contributed by atoms with Gasteiger partial charge < -0.3 is 0 Å². The van der Waals surface area contributed by atoms with Crippen molar-refractivity contribution in [3.05, 3.63) is 57.3 Å². The number of para-hydroxylation sites is 1. The maximum atomic E-state index is 6.34. The highest BCUT2D eigenvalue weighted by molar-refractivity contribution is 9.10. The number of nitrogens with zero attached hydrogens (tertiary/aromatic N) is 2. The number of alkyl halides is 1. The van der Waals surface area contributed by atoms with E-state index in [0.717, 1.165) is 32.6 Å². The van der Waals surface area contributed by atoms with Crippen LogP contribution in [-0.2, 0) is 0 Å². The normalized spacial score (nSPS) is 12.8. The molecule has 2 nitrogen and oxygen atoms in total. The van der Waals surface area contributed by atoms with Crippen molar-refractivity contribution in [3.63, 3.8) is 0 Å². The minimum atomic E-state index is -0.206. The highest BCUT2D eigenvalue weighted by Gasteiger charge is 2.19. The van der Waals surface area contributed by atoms with E-state index in [-0.39, 0.29) is 5.38 Å². The van der Waals surface area contributed by atoms with Gasteiger partial charge in [-0.2, -0.15) is 0 Å². The van der Waals surface area contributed by atoms with E-state index in [2.05, 4.69) is 33.5 Å². The lowest BCUT2D eigenvalue weighted by Crippen LogP contribution is -2.02. The van der Waals surface area contributed by atoms with Gasteiger partial charge in [-0.05, 0) is 59.6 Å². The third kappa shape index (κ3) is 2.59. The van der Waals surface area contributed by atoms with Gasteiger partial charge >= 0.3 is 0 Å². The summed E-state index contributed by atoms with van der Waals surface area (Å²) < 4.78 is 3.02. The van der Waals surface area contributed by atoms with E-state index in [1.165, 1.54) is 0 Å². The number of imidazole rings is 1. The van der Waals surface area contributed by atoms with Crippen molar-refractivity contribution in [1.82, 2.24) is 9.55 Å². The van der Waals surface area contributed by atoms with Gasteiger partial charge in [-0.3, -0.25) is 4.57 Å². The van der Waals surface area contributed by atoms with Crippen molar-refractivity contribution in [2.75, 3.05) is 0 Å². The fourth-order valence-corrected chi connectivity index (χ4v) is 3.17. The van der Waals surface area contributed by atoms with Crippen LogP contribution in [-0.4, -0.2) is 9.55 Å². The molecule has 0 amide bonds. The van der Waals surface area contributed by atoms with Crippen LogP contribution in [0.15, 0.2) is 40.9 Å². The summed E-state index contributed by atoms with van der Waals surface area (Å²) in [7, 11) is 0. The van der Waals surface area contributed by atoms with Crippen LogP contribution in [0.1, 0.15) is 23.7 Å². The fourth-order valence-electron chi connectivity index (χ4n) is 2.43. The first kappa shape index (κ1) is 14.9. The largest absolute Gasteiger partial charge is 0.294 e. The van der Waals surface area contributed by atoms with E-state index < -0.39 is 0 Å². The number of hydrogen-bond donors (Lipinski definition) is 0. The molecule has 1 heterocycles. The molecule has 0 aliphatic heterocycles. The number of fused-ring (bicyclic) bond motifs is 1. The molecule has 3 aromatic rings. The number of benzene rings is 2. The van der Waals surface area contributed by atoms with Crippen molar-refractivity contribution in [2.45, 2.75) is 19.2 Å². The van der Waals surface area contributed by atoms with E-state index in [0.29, 0.717) is 5.02 Å². The molecule has 3 rings (SSSR count). The zero-order chi connectivity index (χ0) is 15.1. The Hall–Kier alpha value is -1.03. The lowest BCUT2D eigenvalue weighted by Gasteiger charge is -2.13. The maximum Gasteiger partial charge on any atom is 0.132 e. The minimum absolute atomic E-state index is 0.206. The molecular weight excluding hydrogens is 371 g/mol. The van der Waals surface area contributed by atoms with Gasteiger partial charge in [0.15, 0.2) is 0 Å². The zero-order valence-corrected chi connectivity index (χ0v) is 14.7. The molecule has 0 saturated carbocycles. The van der Waals surface area contributed by atoms with Crippen LogP contribution in [0.3, 0.4) is 0 Å². The second-order valence-electron chi connectivity index (χ2n) is 4.96. The summed E-state index contributed by atoms with van der Waals surface area (Å²) >= 11 is 16.1. The average molecular weight is 384 g/mol. The van der Waals surface area contributed by atoms with Crippen LogP contribution >= 0.6 is 39.1 Å². The molecule has 0 saturated heterocycles. The van der Waals surface area contributed by atoms with Crippen LogP contribution in [0, 0.1) is 6.92 Å². The van der Waals surface area contributed by atoms with E-state index in [4.69, 9.17) is 28.2 Å². The van der Waals surface area contributed by atoms with Gasteiger partial charge in [-0.15, -0.1) is 11.6 Å². The molecule has 0 fully saturated rings. The zero-order valence-electron chi connectivity index (χ0n) is 11.6. The van der Waals surface area contributed by atoms with Crippen LogP contribution in [0.5, 0.6) is 0 Å². The van der Waals surface area contributed by atoms with Crippen molar-refractivity contribution >= 4 is 50.2 Å². The Kier molecular flexibility index (Phi) is 4.00. The van der Waals surface area contributed by atoms with E-state index in [1.807, 2.05) is 37.3 Å². The van der Waals surface area contributed by atoms with Crippen LogP contribution in [0.2, 0.25) is 5.02 Å². The smallest absolute Gasteiger partial charge is 0.132 e. The number of halogens is 3. The van der Waals surface area contributed by atoms with Crippen molar-refractivity contribution < 1.29 is 0 Å². The Bertz CT molecular complexity index is 825. The van der Waals surface area contributed by atoms with E-state index in [1.54, 1.807) is 0 Å². The molecule has 0 radical (unpaired) electrons. The molecule has 0 aliphatic carbocycles. The van der Waals surface area contributed by atoms with Crippen LogP contribution in [0.4, 0.5) is 0 Å². The van der Waals surface area contributed by atoms with Crippen molar-refractivity contribution in [1.29, 1.82) is 0 Å². The van der Waals surface area contributed by atoms with Gasteiger partial charge in [-0.1, -0.05) is 23.7 Å². The predicted octanol–water partition coefficient (Wildman–Crippen LogP) is 6.05. The monoisotopic (exact) mass is 382 g/mol. The third-order valence-corrected chi connectivity index (χ3v) is 4.52. The Balaban J connectivity index is 2.42. The summed E-state index contributed by atoms with van der Waals surface area (Å²) in [6.07, 6.45) is 0. The lowest BCUT2D eigenvalue weighted by molar-refractivity contribution is 0.880. The minimum Gasteiger partial charge on any atom is -0.294 e. The second kappa shape index (κ2) is 5.64. The summed E-state index contributed by atoms with van der Waals surface area (Å²) in [6.45, 7) is 3.97. The van der Waals surface area contributed by atoms with Crippen molar-refractivity contribution in [3.8, 4) is 5.69 Å². The quantitative estimate of drug-likeness (QED) is 0.492. The van der Waals surface area contributed by atoms with Crippen LogP contribution in [0.25, 0.3) is 16.7 Å². The first-order valence-corrected chi connectivity index (χ1v) is 8.17. The van der Waals surface area contributed by atoms with Crippen LogP contribution < -0.4 is 0 Å². The third-order valence-electron chi connectivity index (χ3n) is 3.42. The average Bonchev–Trinajstić information content (AvgIpc) is 2.82. The number of aryl methyl sites for hydroxylation is 1.